The average Bonchev–Trinajstić information content (AvgIpc) is 2.55. The lowest BCUT2D eigenvalue weighted by atomic mass is 10.1. The standard InChI is InChI=1S/C19H22N2O2/c1-14(22)11-19-20-18-6-4-3-5-16(18)13-21(19)12-15-7-9-17(23-2)10-8-15/h3-10,13-14,19,22H,11-12H2,1-2H3. The largest absolute Gasteiger partial charge is 0.497 e. The molecule has 0 amide bonds. The molecule has 0 saturated heterocycles. The van der Waals surface area contributed by atoms with Gasteiger partial charge in [0.05, 0.1) is 18.6 Å². The highest BCUT2D eigenvalue weighted by Gasteiger charge is 2.19. The fourth-order valence-corrected chi connectivity index (χ4v) is 2.80. The molecule has 1 aliphatic heterocycles. The molecule has 1 N–H and O–H groups in total. The van der Waals surface area contributed by atoms with Gasteiger partial charge in [-0.3, -0.25) is 4.99 Å². The number of nitrogens with zero attached hydrogens (tertiary/aromatic N) is 2. The smallest absolute Gasteiger partial charge is 0.124 e. The number of para-hydroxylation sites is 1. The van der Waals surface area contributed by atoms with Gasteiger partial charge in [0, 0.05) is 24.4 Å². The van der Waals surface area contributed by atoms with E-state index in [1.807, 2.05) is 37.3 Å². The summed E-state index contributed by atoms with van der Waals surface area (Å²) in [7, 11) is 1.67. The monoisotopic (exact) mass is 310 g/mol. The summed E-state index contributed by atoms with van der Waals surface area (Å²) in [5.74, 6) is 0.854. The molecule has 1 heterocycles. The highest BCUT2D eigenvalue weighted by molar-refractivity contribution is 5.30. The molecule has 120 valence electrons. The molecule has 2 atom stereocenters. The molecule has 0 fully saturated rings. The van der Waals surface area contributed by atoms with Crippen molar-refractivity contribution in [2.24, 2.45) is 4.99 Å². The number of benzene rings is 2. The van der Waals surface area contributed by atoms with Crippen molar-refractivity contribution in [2.75, 3.05) is 7.11 Å². The molecule has 3 rings (SSSR count). The van der Waals surface area contributed by atoms with Crippen molar-refractivity contribution in [3.63, 3.8) is 0 Å². The van der Waals surface area contributed by atoms with E-state index in [0.717, 1.165) is 22.9 Å². The summed E-state index contributed by atoms with van der Waals surface area (Å²) in [4.78, 5) is 7.00. The van der Waals surface area contributed by atoms with Gasteiger partial charge < -0.3 is 14.7 Å². The maximum atomic E-state index is 9.79. The molecule has 2 aromatic rings. The summed E-state index contributed by atoms with van der Waals surface area (Å²) in [6.07, 6.45) is 2.31. The van der Waals surface area contributed by atoms with Crippen LogP contribution in [0.25, 0.3) is 6.20 Å². The Morgan fingerprint density at radius 1 is 1.17 bits per heavy atom. The Bertz CT molecular complexity index is 769. The fraction of sp³-hybridized carbons (Fsp3) is 0.316. The van der Waals surface area contributed by atoms with Gasteiger partial charge in [0.2, 0.25) is 0 Å². The van der Waals surface area contributed by atoms with Crippen LogP contribution in [-0.2, 0) is 6.54 Å². The Labute approximate surface area is 136 Å². The van der Waals surface area contributed by atoms with E-state index in [4.69, 9.17) is 9.73 Å². The summed E-state index contributed by atoms with van der Waals surface area (Å²) >= 11 is 0. The molecule has 2 aromatic carbocycles. The van der Waals surface area contributed by atoms with Crippen molar-refractivity contribution >= 4 is 6.20 Å². The van der Waals surface area contributed by atoms with Crippen molar-refractivity contribution in [2.45, 2.75) is 32.2 Å². The number of ether oxygens (including phenoxy) is 1. The van der Waals surface area contributed by atoms with Gasteiger partial charge in [-0.25, -0.2) is 0 Å². The lowest BCUT2D eigenvalue weighted by Gasteiger charge is -2.31. The van der Waals surface area contributed by atoms with Gasteiger partial charge in [-0.05, 0) is 30.7 Å². The van der Waals surface area contributed by atoms with Crippen LogP contribution >= 0.6 is 0 Å². The first-order valence-electron chi connectivity index (χ1n) is 7.87. The predicted octanol–water partition coefficient (Wildman–Crippen LogP) is 1.67. The van der Waals surface area contributed by atoms with Crippen LogP contribution in [0.5, 0.6) is 5.75 Å². The second-order valence-electron chi connectivity index (χ2n) is 5.90. The van der Waals surface area contributed by atoms with Gasteiger partial charge in [0.15, 0.2) is 0 Å². The van der Waals surface area contributed by atoms with Crippen molar-refractivity contribution < 1.29 is 9.84 Å². The molecule has 0 aromatic heterocycles. The number of aliphatic hydroxyl groups is 1. The number of methoxy groups -OCH3 is 1. The number of hydrogen-bond acceptors (Lipinski definition) is 4. The average molecular weight is 310 g/mol. The van der Waals surface area contributed by atoms with Crippen LogP contribution in [0.15, 0.2) is 53.5 Å². The van der Waals surface area contributed by atoms with Gasteiger partial charge in [-0.1, -0.05) is 30.3 Å². The third-order valence-corrected chi connectivity index (χ3v) is 3.99. The number of aliphatic hydroxyl groups excluding tert-OH is 1. The topological polar surface area (TPSA) is 45.1 Å². The van der Waals surface area contributed by atoms with Crippen LogP contribution in [0.3, 0.4) is 0 Å². The molecule has 4 heteroatoms. The quantitative estimate of drug-likeness (QED) is 0.913. The first kappa shape index (κ1) is 15.6. The van der Waals surface area contributed by atoms with Gasteiger partial charge in [0.1, 0.15) is 11.9 Å². The Morgan fingerprint density at radius 2 is 1.91 bits per heavy atom. The molecular weight excluding hydrogens is 288 g/mol. The molecule has 0 bridgehead atoms. The fourth-order valence-electron chi connectivity index (χ4n) is 2.80. The molecular formula is C19H22N2O2. The molecule has 0 aliphatic carbocycles. The maximum absolute atomic E-state index is 9.79. The van der Waals surface area contributed by atoms with Crippen molar-refractivity contribution in [1.29, 1.82) is 0 Å². The van der Waals surface area contributed by atoms with Crippen molar-refractivity contribution in [3.05, 3.63) is 64.7 Å². The van der Waals surface area contributed by atoms with E-state index in [-0.39, 0.29) is 12.3 Å². The molecule has 4 nitrogen and oxygen atoms in total. The highest BCUT2D eigenvalue weighted by atomic mass is 16.5. The van der Waals surface area contributed by atoms with Crippen LogP contribution < -0.4 is 15.3 Å². The first-order chi connectivity index (χ1) is 11.2. The lowest BCUT2D eigenvalue weighted by Crippen LogP contribution is -2.42. The third kappa shape index (κ3) is 3.71. The van der Waals surface area contributed by atoms with Crippen LogP contribution in [-0.4, -0.2) is 29.4 Å². The van der Waals surface area contributed by atoms with Crippen LogP contribution in [0.1, 0.15) is 18.9 Å². The van der Waals surface area contributed by atoms with E-state index in [9.17, 15) is 5.11 Å². The van der Waals surface area contributed by atoms with Crippen molar-refractivity contribution in [1.82, 2.24) is 4.90 Å². The third-order valence-electron chi connectivity index (χ3n) is 3.99. The van der Waals surface area contributed by atoms with Gasteiger partial charge >= 0.3 is 0 Å². The minimum Gasteiger partial charge on any atom is -0.497 e. The van der Waals surface area contributed by atoms with Crippen LogP contribution in [0.4, 0.5) is 0 Å². The van der Waals surface area contributed by atoms with E-state index in [1.165, 1.54) is 5.56 Å². The van der Waals surface area contributed by atoms with E-state index in [0.29, 0.717) is 6.42 Å². The zero-order valence-electron chi connectivity index (χ0n) is 13.5. The summed E-state index contributed by atoms with van der Waals surface area (Å²) in [5.41, 5.74) is 1.19. The Balaban J connectivity index is 1.89. The van der Waals surface area contributed by atoms with E-state index < -0.39 is 0 Å². The van der Waals surface area contributed by atoms with E-state index in [1.54, 1.807) is 7.11 Å². The minimum absolute atomic E-state index is 0.0491. The zero-order valence-corrected chi connectivity index (χ0v) is 13.5. The number of hydrogen-bond donors (Lipinski definition) is 1. The molecule has 23 heavy (non-hydrogen) atoms. The maximum Gasteiger partial charge on any atom is 0.124 e. The van der Waals surface area contributed by atoms with Crippen LogP contribution in [0, 0.1) is 0 Å². The predicted molar refractivity (Wildman–Crippen MR) is 90.3 cm³/mol. The van der Waals surface area contributed by atoms with Gasteiger partial charge in [-0.15, -0.1) is 0 Å². The summed E-state index contributed by atoms with van der Waals surface area (Å²) < 4.78 is 5.21. The van der Waals surface area contributed by atoms with E-state index >= 15 is 0 Å². The summed E-state index contributed by atoms with van der Waals surface area (Å²) in [5, 5.41) is 11.9. The van der Waals surface area contributed by atoms with E-state index in [2.05, 4.69) is 29.3 Å². The Kier molecular flexibility index (Phi) is 4.63. The molecule has 0 radical (unpaired) electrons. The number of fused-ring (bicyclic) bond motifs is 1. The zero-order chi connectivity index (χ0) is 16.2. The second kappa shape index (κ2) is 6.84. The molecule has 0 saturated carbocycles. The lowest BCUT2D eigenvalue weighted by molar-refractivity contribution is 0.140. The van der Waals surface area contributed by atoms with Gasteiger partial charge in [0.25, 0.3) is 0 Å². The molecule has 2 unspecified atom stereocenters. The van der Waals surface area contributed by atoms with Crippen molar-refractivity contribution in [3.8, 4) is 5.75 Å². The molecule has 1 aliphatic rings. The van der Waals surface area contributed by atoms with Gasteiger partial charge in [-0.2, -0.15) is 0 Å². The van der Waals surface area contributed by atoms with Crippen LogP contribution in [0.2, 0.25) is 0 Å². The summed E-state index contributed by atoms with van der Waals surface area (Å²) in [6.45, 7) is 2.56. The Morgan fingerprint density at radius 3 is 2.61 bits per heavy atom. The second-order valence-corrected chi connectivity index (χ2v) is 5.90. The normalized spacial score (nSPS) is 17.7. The molecule has 0 spiro atoms. The number of rotatable bonds is 5. The minimum atomic E-state index is -0.388. The highest BCUT2D eigenvalue weighted by Crippen LogP contribution is 2.18. The Hall–Kier alpha value is -2.33. The first-order valence-corrected chi connectivity index (χ1v) is 7.87. The SMILES string of the molecule is COc1ccc(CN2C=c3ccccc3=NC2CC(C)O)cc1. The summed E-state index contributed by atoms with van der Waals surface area (Å²) in [6, 6.07) is 16.2.